The van der Waals surface area contributed by atoms with E-state index in [2.05, 4.69) is 5.32 Å². The van der Waals surface area contributed by atoms with Crippen LogP contribution in [-0.2, 0) is 16.1 Å². The first-order valence-electron chi connectivity index (χ1n) is 8.93. The Hall–Kier alpha value is -2.69. The van der Waals surface area contributed by atoms with Crippen LogP contribution in [0.25, 0.3) is 0 Å². The average molecular weight is 356 g/mol. The topological polar surface area (TPSA) is 49.4 Å². The number of hydrogen-bond acceptors (Lipinski definition) is 2. The van der Waals surface area contributed by atoms with Crippen molar-refractivity contribution in [3.63, 3.8) is 0 Å². The van der Waals surface area contributed by atoms with Gasteiger partial charge < -0.3 is 10.2 Å². The minimum Gasteiger partial charge on any atom is -0.354 e. The van der Waals surface area contributed by atoms with Crippen molar-refractivity contribution in [3.05, 3.63) is 71.5 Å². The second kappa shape index (κ2) is 9.70. The number of benzene rings is 2. The van der Waals surface area contributed by atoms with Crippen LogP contribution in [-0.4, -0.2) is 23.3 Å². The summed E-state index contributed by atoms with van der Waals surface area (Å²) in [5, 5.41) is 2.82. The van der Waals surface area contributed by atoms with Gasteiger partial charge in [-0.2, -0.15) is 0 Å². The van der Waals surface area contributed by atoms with Gasteiger partial charge in [0.25, 0.3) is 0 Å². The Labute approximate surface area is 154 Å². The van der Waals surface area contributed by atoms with E-state index in [1.54, 1.807) is 17.0 Å². The van der Waals surface area contributed by atoms with Crippen molar-refractivity contribution >= 4 is 11.8 Å². The van der Waals surface area contributed by atoms with Crippen LogP contribution in [0.4, 0.5) is 4.39 Å². The van der Waals surface area contributed by atoms with E-state index >= 15 is 0 Å². The van der Waals surface area contributed by atoms with Gasteiger partial charge in [0, 0.05) is 19.5 Å². The van der Waals surface area contributed by atoms with Crippen molar-refractivity contribution in [2.75, 3.05) is 6.54 Å². The Bertz CT molecular complexity index is 717. The molecule has 2 amide bonds. The van der Waals surface area contributed by atoms with Crippen LogP contribution in [0.1, 0.15) is 43.9 Å². The Kier molecular flexibility index (Phi) is 7.33. The number of hydrogen-bond donors (Lipinski definition) is 1. The van der Waals surface area contributed by atoms with Crippen LogP contribution >= 0.6 is 0 Å². The number of halogens is 1. The van der Waals surface area contributed by atoms with Gasteiger partial charge in [0.2, 0.25) is 11.8 Å². The van der Waals surface area contributed by atoms with Crippen molar-refractivity contribution in [3.8, 4) is 0 Å². The summed E-state index contributed by atoms with van der Waals surface area (Å²) in [6.45, 7) is 4.50. The number of amides is 2. The van der Waals surface area contributed by atoms with Crippen molar-refractivity contribution in [1.82, 2.24) is 10.2 Å². The number of nitrogens with zero attached hydrogens (tertiary/aromatic N) is 1. The second-order valence-electron chi connectivity index (χ2n) is 6.11. The summed E-state index contributed by atoms with van der Waals surface area (Å²) in [6, 6.07) is 14.5. The Balaban J connectivity index is 2.41. The third kappa shape index (κ3) is 5.15. The number of nitrogens with one attached hydrogen (secondary N) is 1. The molecule has 138 valence electrons. The normalized spacial score (nSPS) is 11.7. The van der Waals surface area contributed by atoms with Crippen LogP contribution in [0.2, 0.25) is 0 Å². The molecular weight excluding hydrogens is 331 g/mol. The van der Waals surface area contributed by atoms with Gasteiger partial charge in [-0.3, -0.25) is 9.59 Å². The fourth-order valence-electron chi connectivity index (χ4n) is 2.85. The zero-order valence-electron chi connectivity index (χ0n) is 15.2. The zero-order valence-corrected chi connectivity index (χ0v) is 15.2. The molecule has 0 aliphatic carbocycles. The van der Waals surface area contributed by atoms with E-state index < -0.39 is 6.04 Å². The van der Waals surface area contributed by atoms with Crippen molar-refractivity contribution in [1.29, 1.82) is 0 Å². The van der Waals surface area contributed by atoms with E-state index in [9.17, 15) is 14.0 Å². The third-order valence-electron chi connectivity index (χ3n) is 4.08. The van der Waals surface area contributed by atoms with Crippen LogP contribution in [0, 0.1) is 5.82 Å². The monoisotopic (exact) mass is 356 g/mol. The summed E-state index contributed by atoms with van der Waals surface area (Å²) < 4.78 is 13.2. The largest absolute Gasteiger partial charge is 0.354 e. The van der Waals surface area contributed by atoms with Crippen LogP contribution in [0.15, 0.2) is 54.6 Å². The van der Waals surface area contributed by atoms with Gasteiger partial charge in [-0.1, -0.05) is 49.4 Å². The summed E-state index contributed by atoms with van der Waals surface area (Å²) in [6.07, 6.45) is 1.04. The fraction of sp³-hybridized carbons (Fsp3) is 0.333. The molecule has 0 spiro atoms. The third-order valence-corrected chi connectivity index (χ3v) is 4.08. The summed E-state index contributed by atoms with van der Waals surface area (Å²) in [4.78, 5) is 27.2. The Morgan fingerprint density at radius 3 is 2.27 bits per heavy atom. The van der Waals surface area contributed by atoms with Gasteiger partial charge in [-0.15, -0.1) is 0 Å². The van der Waals surface area contributed by atoms with Crippen LogP contribution in [0.5, 0.6) is 0 Å². The number of likely N-dealkylation sites (N-methyl/N-ethyl adjacent to an activating group) is 1. The lowest BCUT2D eigenvalue weighted by Gasteiger charge is -2.31. The smallest absolute Gasteiger partial charge is 0.247 e. The summed E-state index contributed by atoms with van der Waals surface area (Å²) in [5.74, 6) is -0.647. The molecule has 5 heteroatoms. The maximum atomic E-state index is 13.2. The molecule has 2 aromatic rings. The highest BCUT2D eigenvalue weighted by Gasteiger charge is 2.30. The molecular formula is C21H25FN2O2. The van der Waals surface area contributed by atoms with Gasteiger partial charge in [-0.25, -0.2) is 4.39 Å². The average Bonchev–Trinajstić information content (AvgIpc) is 2.64. The van der Waals surface area contributed by atoms with Gasteiger partial charge in [0.1, 0.15) is 11.9 Å². The standard InChI is InChI=1S/C21H25FN2O2/c1-3-8-19(25)24(15-16-11-13-18(22)14-12-16)20(21(26)23-4-2)17-9-6-5-7-10-17/h5-7,9-14,20H,3-4,8,15H2,1-2H3,(H,23,26)/t20-/m0/s1. The quantitative estimate of drug-likeness (QED) is 0.781. The molecule has 1 N–H and O–H groups in total. The highest BCUT2D eigenvalue weighted by Crippen LogP contribution is 2.25. The molecule has 0 aliphatic heterocycles. The first-order valence-corrected chi connectivity index (χ1v) is 8.93. The maximum Gasteiger partial charge on any atom is 0.247 e. The Morgan fingerprint density at radius 2 is 1.69 bits per heavy atom. The fourth-order valence-corrected chi connectivity index (χ4v) is 2.85. The minimum absolute atomic E-state index is 0.100. The van der Waals surface area contributed by atoms with E-state index in [-0.39, 0.29) is 24.2 Å². The molecule has 0 radical (unpaired) electrons. The van der Waals surface area contributed by atoms with E-state index in [0.29, 0.717) is 19.4 Å². The first kappa shape index (κ1) is 19.6. The van der Waals surface area contributed by atoms with Crippen molar-refractivity contribution in [2.45, 2.75) is 39.3 Å². The van der Waals surface area contributed by atoms with Crippen molar-refractivity contribution < 1.29 is 14.0 Å². The predicted octanol–water partition coefficient (Wildman–Crippen LogP) is 3.83. The molecule has 0 heterocycles. The first-order chi connectivity index (χ1) is 12.6. The molecule has 26 heavy (non-hydrogen) atoms. The van der Waals surface area contributed by atoms with E-state index in [1.807, 2.05) is 44.2 Å². The predicted molar refractivity (Wildman–Crippen MR) is 99.7 cm³/mol. The summed E-state index contributed by atoms with van der Waals surface area (Å²) in [5.41, 5.74) is 1.53. The second-order valence-corrected chi connectivity index (χ2v) is 6.11. The van der Waals surface area contributed by atoms with E-state index in [0.717, 1.165) is 11.1 Å². The summed E-state index contributed by atoms with van der Waals surface area (Å²) in [7, 11) is 0. The number of carbonyl (C=O) groups is 2. The molecule has 2 rings (SSSR count). The molecule has 0 aliphatic rings. The summed E-state index contributed by atoms with van der Waals surface area (Å²) >= 11 is 0. The van der Waals surface area contributed by atoms with Crippen LogP contribution < -0.4 is 5.32 Å². The molecule has 0 saturated carbocycles. The molecule has 0 fully saturated rings. The van der Waals surface area contributed by atoms with Gasteiger partial charge in [0.05, 0.1) is 0 Å². The van der Waals surface area contributed by atoms with Gasteiger partial charge in [0.15, 0.2) is 0 Å². The zero-order chi connectivity index (χ0) is 18.9. The molecule has 0 aromatic heterocycles. The lowest BCUT2D eigenvalue weighted by atomic mass is 10.0. The van der Waals surface area contributed by atoms with Gasteiger partial charge in [-0.05, 0) is 36.6 Å². The molecule has 2 aromatic carbocycles. The highest BCUT2D eigenvalue weighted by atomic mass is 19.1. The molecule has 1 atom stereocenters. The van der Waals surface area contributed by atoms with Crippen molar-refractivity contribution in [2.24, 2.45) is 0 Å². The van der Waals surface area contributed by atoms with E-state index in [1.165, 1.54) is 12.1 Å². The van der Waals surface area contributed by atoms with Gasteiger partial charge >= 0.3 is 0 Å². The number of rotatable bonds is 8. The molecule has 0 unspecified atom stereocenters. The van der Waals surface area contributed by atoms with E-state index in [4.69, 9.17) is 0 Å². The molecule has 0 saturated heterocycles. The molecule has 4 nitrogen and oxygen atoms in total. The lowest BCUT2D eigenvalue weighted by molar-refractivity contribution is -0.141. The highest BCUT2D eigenvalue weighted by molar-refractivity contribution is 5.88. The maximum absolute atomic E-state index is 13.2. The minimum atomic E-state index is -0.722. The number of carbonyl (C=O) groups excluding carboxylic acids is 2. The Morgan fingerprint density at radius 1 is 1.04 bits per heavy atom. The lowest BCUT2D eigenvalue weighted by Crippen LogP contribution is -2.43. The SMILES string of the molecule is CCCC(=O)N(Cc1ccc(F)cc1)[C@H](C(=O)NCC)c1ccccc1. The van der Waals surface area contributed by atoms with Crippen LogP contribution in [0.3, 0.4) is 0 Å². The molecule has 0 bridgehead atoms.